The van der Waals surface area contributed by atoms with E-state index in [2.05, 4.69) is 58.4 Å². The summed E-state index contributed by atoms with van der Waals surface area (Å²) in [6.45, 7) is 10.4. The van der Waals surface area contributed by atoms with Crippen molar-refractivity contribution >= 4 is 27.3 Å². The molecule has 102 valence electrons. The maximum atomic E-state index is 3.68. The van der Waals surface area contributed by atoms with Gasteiger partial charge in [0.2, 0.25) is 0 Å². The van der Waals surface area contributed by atoms with Gasteiger partial charge in [-0.1, -0.05) is 13.8 Å². The molecule has 2 atom stereocenters. The molecule has 0 amide bonds. The normalized spacial score (nSPS) is 26.5. The third kappa shape index (κ3) is 3.80. The van der Waals surface area contributed by atoms with E-state index in [1.165, 1.54) is 15.8 Å². The van der Waals surface area contributed by atoms with Crippen molar-refractivity contribution in [3.63, 3.8) is 0 Å². The summed E-state index contributed by atoms with van der Waals surface area (Å²) in [6, 6.07) is 3.54. The molecule has 4 heteroatoms. The van der Waals surface area contributed by atoms with Crippen molar-refractivity contribution in [2.45, 2.75) is 45.8 Å². The molecule has 0 bridgehead atoms. The first-order valence-electron chi connectivity index (χ1n) is 6.76. The second-order valence-electron chi connectivity index (χ2n) is 5.60. The van der Waals surface area contributed by atoms with Crippen LogP contribution in [0.2, 0.25) is 0 Å². The molecule has 1 fully saturated rings. The molecule has 2 heterocycles. The van der Waals surface area contributed by atoms with E-state index in [-0.39, 0.29) is 0 Å². The van der Waals surface area contributed by atoms with E-state index in [9.17, 15) is 0 Å². The lowest BCUT2D eigenvalue weighted by Crippen LogP contribution is -2.42. The number of hydrogen-bond donors (Lipinski definition) is 1. The van der Waals surface area contributed by atoms with Crippen LogP contribution in [0.5, 0.6) is 0 Å². The molecule has 2 rings (SSSR count). The Morgan fingerprint density at radius 3 is 2.94 bits per heavy atom. The van der Waals surface area contributed by atoms with Crippen LogP contribution in [0.4, 0.5) is 0 Å². The lowest BCUT2D eigenvalue weighted by atomic mass is 10.0. The largest absolute Gasteiger partial charge is 0.312 e. The highest BCUT2D eigenvalue weighted by Gasteiger charge is 2.24. The predicted octanol–water partition coefficient (Wildman–Crippen LogP) is 3.72. The first-order valence-corrected chi connectivity index (χ1v) is 8.44. The summed E-state index contributed by atoms with van der Waals surface area (Å²) >= 11 is 5.39. The molecule has 18 heavy (non-hydrogen) atoms. The van der Waals surface area contributed by atoms with Gasteiger partial charge >= 0.3 is 0 Å². The third-order valence-electron chi connectivity index (χ3n) is 3.81. The molecule has 2 unspecified atom stereocenters. The van der Waals surface area contributed by atoms with E-state index >= 15 is 0 Å². The molecule has 0 spiro atoms. The molecule has 1 aliphatic rings. The van der Waals surface area contributed by atoms with E-state index in [1.54, 1.807) is 0 Å². The van der Waals surface area contributed by atoms with Crippen LogP contribution in [0, 0.1) is 5.92 Å². The number of halogens is 1. The Morgan fingerprint density at radius 2 is 2.33 bits per heavy atom. The molecular formula is C14H23BrN2S. The zero-order chi connectivity index (χ0) is 13.1. The van der Waals surface area contributed by atoms with Crippen LogP contribution >= 0.6 is 27.3 Å². The summed E-state index contributed by atoms with van der Waals surface area (Å²) in [5, 5.41) is 5.86. The summed E-state index contributed by atoms with van der Waals surface area (Å²) < 4.78 is 1.21. The summed E-state index contributed by atoms with van der Waals surface area (Å²) in [5.41, 5.74) is 0. The van der Waals surface area contributed by atoms with E-state index in [4.69, 9.17) is 0 Å². The van der Waals surface area contributed by atoms with Crippen molar-refractivity contribution in [1.29, 1.82) is 0 Å². The molecule has 1 saturated heterocycles. The maximum absolute atomic E-state index is 3.68. The standard InChI is InChI=1S/C14H23BrN2S/c1-10(2)14-8-17(11(3)4-5-16-14)7-13-6-12(15)9-18-13/h6,9-11,14,16H,4-5,7-8H2,1-3H3. The zero-order valence-electron chi connectivity index (χ0n) is 11.4. The highest BCUT2D eigenvalue weighted by molar-refractivity contribution is 9.10. The van der Waals surface area contributed by atoms with Crippen molar-refractivity contribution in [3.05, 3.63) is 20.8 Å². The predicted molar refractivity (Wildman–Crippen MR) is 83.1 cm³/mol. The van der Waals surface area contributed by atoms with Gasteiger partial charge in [-0.15, -0.1) is 11.3 Å². The Bertz CT molecular complexity index is 378. The molecule has 0 aliphatic carbocycles. The summed E-state index contributed by atoms with van der Waals surface area (Å²) in [4.78, 5) is 4.08. The Balaban J connectivity index is 2.03. The van der Waals surface area contributed by atoms with Gasteiger partial charge in [-0.05, 0) is 47.8 Å². The monoisotopic (exact) mass is 330 g/mol. The highest BCUT2D eigenvalue weighted by Crippen LogP contribution is 2.23. The molecule has 1 aromatic rings. The number of nitrogens with zero attached hydrogens (tertiary/aromatic N) is 1. The van der Waals surface area contributed by atoms with Crippen LogP contribution < -0.4 is 5.32 Å². The smallest absolute Gasteiger partial charge is 0.0331 e. The fourth-order valence-corrected chi connectivity index (χ4v) is 3.94. The minimum atomic E-state index is 0.623. The average Bonchev–Trinajstić information content (AvgIpc) is 2.62. The fraction of sp³-hybridized carbons (Fsp3) is 0.714. The van der Waals surface area contributed by atoms with Gasteiger partial charge in [0.1, 0.15) is 0 Å². The van der Waals surface area contributed by atoms with Crippen molar-refractivity contribution in [2.75, 3.05) is 13.1 Å². The van der Waals surface area contributed by atoms with Crippen molar-refractivity contribution in [3.8, 4) is 0 Å². The Morgan fingerprint density at radius 1 is 1.56 bits per heavy atom. The van der Waals surface area contributed by atoms with Crippen LogP contribution in [0.25, 0.3) is 0 Å². The van der Waals surface area contributed by atoms with Gasteiger partial charge in [0.25, 0.3) is 0 Å². The lowest BCUT2D eigenvalue weighted by Gasteiger charge is -2.30. The molecule has 0 saturated carbocycles. The zero-order valence-corrected chi connectivity index (χ0v) is 13.9. The topological polar surface area (TPSA) is 15.3 Å². The van der Waals surface area contributed by atoms with Gasteiger partial charge in [0, 0.05) is 39.9 Å². The van der Waals surface area contributed by atoms with Gasteiger partial charge in [0.05, 0.1) is 0 Å². The summed E-state index contributed by atoms with van der Waals surface area (Å²) in [7, 11) is 0. The second kappa shape index (κ2) is 6.51. The third-order valence-corrected chi connectivity index (χ3v) is 5.49. The first kappa shape index (κ1) is 14.5. The first-order chi connectivity index (χ1) is 8.56. The molecule has 0 aromatic carbocycles. The summed E-state index contributed by atoms with van der Waals surface area (Å²) in [6.07, 6.45) is 1.25. The van der Waals surface area contributed by atoms with E-state index in [0.29, 0.717) is 18.0 Å². The minimum Gasteiger partial charge on any atom is -0.312 e. The Kier molecular flexibility index (Phi) is 5.24. The molecular weight excluding hydrogens is 308 g/mol. The Labute approximate surface area is 123 Å². The van der Waals surface area contributed by atoms with Gasteiger partial charge in [-0.2, -0.15) is 0 Å². The number of hydrogen-bond acceptors (Lipinski definition) is 3. The fourth-order valence-electron chi connectivity index (χ4n) is 2.46. The number of rotatable bonds is 3. The van der Waals surface area contributed by atoms with Crippen LogP contribution in [0.1, 0.15) is 32.1 Å². The van der Waals surface area contributed by atoms with Gasteiger partial charge in [-0.3, -0.25) is 4.90 Å². The maximum Gasteiger partial charge on any atom is 0.0331 e. The van der Waals surface area contributed by atoms with Gasteiger partial charge < -0.3 is 5.32 Å². The quantitative estimate of drug-likeness (QED) is 0.908. The molecule has 0 radical (unpaired) electrons. The van der Waals surface area contributed by atoms with E-state index < -0.39 is 0 Å². The SMILES string of the molecule is CC(C)C1CN(Cc2cc(Br)cs2)C(C)CCN1. The van der Waals surface area contributed by atoms with E-state index in [1.807, 2.05) is 11.3 Å². The number of nitrogens with one attached hydrogen (secondary N) is 1. The summed E-state index contributed by atoms with van der Waals surface area (Å²) in [5.74, 6) is 0.702. The minimum absolute atomic E-state index is 0.623. The molecule has 2 nitrogen and oxygen atoms in total. The van der Waals surface area contributed by atoms with Crippen molar-refractivity contribution in [1.82, 2.24) is 10.2 Å². The van der Waals surface area contributed by atoms with Crippen LogP contribution in [0.15, 0.2) is 15.9 Å². The Hall–Kier alpha value is 0.1000. The van der Waals surface area contributed by atoms with Crippen molar-refractivity contribution < 1.29 is 0 Å². The van der Waals surface area contributed by atoms with Crippen LogP contribution in [0.3, 0.4) is 0 Å². The molecule has 1 N–H and O–H groups in total. The second-order valence-corrected chi connectivity index (χ2v) is 7.51. The molecule has 1 aromatic heterocycles. The van der Waals surface area contributed by atoms with Gasteiger partial charge in [-0.25, -0.2) is 0 Å². The lowest BCUT2D eigenvalue weighted by molar-refractivity contribution is 0.185. The van der Waals surface area contributed by atoms with Crippen LogP contribution in [-0.2, 0) is 6.54 Å². The van der Waals surface area contributed by atoms with Gasteiger partial charge in [0.15, 0.2) is 0 Å². The van der Waals surface area contributed by atoms with E-state index in [0.717, 1.165) is 19.6 Å². The molecule has 1 aliphatic heterocycles. The number of thiophene rings is 1. The highest BCUT2D eigenvalue weighted by atomic mass is 79.9. The van der Waals surface area contributed by atoms with Crippen molar-refractivity contribution in [2.24, 2.45) is 5.92 Å². The van der Waals surface area contributed by atoms with Crippen LogP contribution in [-0.4, -0.2) is 30.1 Å². The average molecular weight is 331 g/mol.